The molecule has 0 amide bonds. The molecule has 0 aromatic rings. The standard InChI is InChI=1S/C13H27NO/c1-13(2,3)14-10-11-15-12-8-6-4-5-7-9-12/h12,14H,4-11H2,1-3H3. The van der Waals surface area contributed by atoms with Crippen molar-refractivity contribution in [1.29, 1.82) is 0 Å². The normalized spacial score (nSPS) is 20.2. The third kappa shape index (κ3) is 6.91. The summed E-state index contributed by atoms with van der Waals surface area (Å²) in [5.41, 5.74) is 0.215. The van der Waals surface area contributed by atoms with Gasteiger partial charge in [-0.15, -0.1) is 0 Å². The van der Waals surface area contributed by atoms with E-state index in [0.29, 0.717) is 6.10 Å². The van der Waals surface area contributed by atoms with Gasteiger partial charge in [-0.2, -0.15) is 0 Å². The van der Waals surface area contributed by atoms with Crippen LogP contribution in [0.4, 0.5) is 0 Å². The molecule has 0 aromatic carbocycles. The van der Waals surface area contributed by atoms with Gasteiger partial charge in [0.15, 0.2) is 0 Å². The monoisotopic (exact) mass is 213 g/mol. The second-order valence-electron chi connectivity index (χ2n) is 5.66. The van der Waals surface area contributed by atoms with Crippen LogP contribution >= 0.6 is 0 Å². The highest BCUT2D eigenvalue weighted by molar-refractivity contribution is 4.70. The fraction of sp³-hybridized carbons (Fsp3) is 1.00. The van der Waals surface area contributed by atoms with Crippen molar-refractivity contribution in [2.75, 3.05) is 13.2 Å². The molecule has 1 aliphatic carbocycles. The Morgan fingerprint density at radius 2 is 1.67 bits per heavy atom. The van der Waals surface area contributed by atoms with Crippen molar-refractivity contribution in [3.8, 4) is 0 Å². The van der Waals surface area contributed by atoms with E-state index in [1.165, 1.54) is 38.5 Å². The van der Waals surface area contributed by atoms with Crippen molar-refractivity contribution in [2.45, 2.75) is 70.9 Å². The third-order valence-corrected chi connectivity index (χ3v) is 2.91. The SMILES string of the molecule is CC(C)(C)NCCOC1CCCCCC1. The molecule has 2 heteroatoms. The summed E-state index contributed by atoms with van der Waals surface area (Å²) in [6.07, 6.45) is 8.61. The van der Waals surface area contributed by atoms with Crippen molar-refractivity contribution >= 4 is 0 Å². The van der Waals surface area contributed by atoms with Gasteiger partial charge in [0.05, 0.1) is 12.7 Å². The van der Waals surface area contributed by atoms with Crippen LogP contribution in [0.3, 0.4) is 0 Å². The lowest BCUT2D eigenvalue weighted by atomic mass is 10.1. The maximum absolute atomic E-state index is 5.90. The summed E-state index contributed by atoms with van der Waals surface area (Å²) < 4.78 is 5.90. The van der Waals surface area contributed by atoms with Crippen LogP contribution in [0.25, 0.3) is 0 Å². The van der Waals surface area contributed by atoms with E-state index in [0.717, 1.165) is 13.2 Å². The van der Waals surface area contributed by atoms with Crippen LogP contribution < -0.4 is 5.32 Å². The second kappa shape index (κ2) is 6.49. The van der Waals surface area contributed by atoms with Crippen LogP contribution in [0.5, 0.6) is 0 Å². The molecule has 1 aliphatic rings. The number of nitrogens with one attached hydrogen (secondary N) is 1. The van der Waals surface area contributed by atoms with Crippen molar-refractivity contribution in [3.05, 3.63) is 0 Å². The van der Waals surface area contributed by atoms with E-state index in [2.05, 4.69) is 26.1 Å². The van der Waals surface area contributed by atoms with Crippen molar-refractivity contribution in [2.24, 2.45) is 0 Å². The Labute approximate surface area is 94.8 Å². The molecule has 0 heterocycles. The number of ether oxygens (including phenoxy) is 1. The van der Waals surface area contributed by atoms with Crippen molar-refractivity contribution in [1.82, 2.24) is 5.32 Å². The van der Waals surface area contributed by atoms with E-state index in [4.69, 9.17) is 4.74 Å². The first kappa shape index (κ1) is 13.0. The molecule has 1 saturated carbocycles. The fourth-order valence-corrected chi connectivity index (χ4v) is 2.06. The molecule has 0 radical (unpaired) electrons. The smallest absolute Gasteiger partial charge is 0.0594 e. The molecule has 0 atom stereocenters. The zero-order valence-electron chi connectivity index (χ0n) is 10.6. The van der Waals surface area contributed by atoms with E-state index in [-0.39, 0.29) is 5.54 Å². The zero-order valence-corrected chi connectivity index (χ0v) is 10.6. The molecule has 0 aromatic heterocycles. The summed E-state index contributed by atoms with van der Waals surface area (Å²) in [7, 11) is 0. The molecule has 0 saturated heterocycles. The largest absolute Gasteiger partial charge is 0.377 e. The molecule has 0 aliphatic heterocycles. The lowest BCUT2D eigenvalue weighted by Crippen LogP contribution is -2.38. The predicted octanol–water partition coefficient (Wildman–Crippen LogP) is 3.11. The number of hydrogen-bond donors (Lipinski definition) is 1. The van der Waals surface area contributed by atoms with Crippen LogP contribution in [0.1, 0.15) is 59.3 Å². The van der Waals surface area contributed by atoms with E-state index in [9.17, 15) is 0 Å². The first-order valence-electron chi connectivity index (χ1n) is 6.44. The highest BCUT2D eigenvalue weighted by atomic mass is 16.5. The van der Waals surface area contributed by atoms with Crippen LogP contribution in [0.2, 0.25) is 0 Å². The van der Waals surface area contributed by atoms with Crippen LogP contribution in [-0.4, -0.2) is 24.8 Å². The molecule has 0 unspecified atom stereocenters. The van der Waals surface area contributed by atoms with Crippen molar-refractivity contribution < 1.29 is 4.74 Å². The second-order valence-corrected chi connectivity index (χ2v) is 5.66. The van der Waals surface area contributed by atoms with Gasteiger partial charge in [0.1, 0.15) is 0 Å². The number of hydrogen-bond acceptors (Lipinski definition) is 2. The Balaban J connectivity index is 2.03. The van der Waals surface area contributed by atoms with Gasteiger partial charge in [0.2, 0.25) is 0 Å². The Hall–Kier alpha value is -0.0800. The molecular weight excluding hydrogens is 186 g/mol. The summed E-state index contributed by atoms with van der Waals surface area (Å²) in [6, 6.07) is 0. The van der Waals surface area contributed by atoms with E-state index in [1.807, 2.05) is 0 Å². The Morgan fingerprint density at radius 1 is 1.07 bits per heavy atom. The van der Waals surface area contributed by atoms with Gasteiger partial charge in [0, 0.05) is 12.1 Å². The molecule has 1 rings (SSSR count). The van der Waals surface area contributed by atoms with E-state index < -0.39 is 0 Å². The van der Waals surface area contributed by atoms with Gasteiger partial charge in [-0.3, -0.25) is 0 Å². The molecule has 2 nitrogen and oxygen atoms in total. The quantitative estimate of drug-likeness (QED) is 0.572. The minimum absolute atomic E-state index is 0.215. The first-order chi connectivity index (χ1) is 7.08. The lowest BCUT2D eigenvalue weighted by Gasteiger charge is -2.22. The summed E-state index contributed by atoms with van der Waals surface area (Å²) in [5.74, 6) is 0. The minimum Gasteiger partial charge on any atom is -0.377 e. The highest BCUT2D eigenvalue weighted by Crippen LogP contribution is 2.19. The summed E-state index contributed by atoms with van der Waals surface area (Å²) in [4.78, 5) is 0. The molecule has 15 heavy (non-hydrogen) atoms. The highest BCUT2D eigenvalue weighted by Gasteiger charge is 2.13. The molecule has 1 fully saturated rings. The maximum atomic E-state index is 5.90. The van der Waals surface area contributed by atoms with Gasteiger partial charge in [0.25, 0.3) is 0 Å². The van der Waals surface area contributed by atoms with Gasteiger partial charge in [-0.25, -0.2) is 0 Å². The molecule has 1 N–H and O–H groups in total. The maximum Gasteiger partial charge on any atom is 0.0594 e. The van der Waals surface area contributed by atoms with Crippen LogP contribution in [0.15, 0.2) is 0 Å². The number of rotatable bonds is 4. The average Bonchev–Trinajstić information content (AvgIpc) is 2.39. The first-order valence-corrected chi connectivity index (χ1v) is 6.44. The van der Waals surface area contributed by atoms with Crippen LogP contribution in [-0.2, 0) is 4.74 Å². The predicted molar refractivity (Wildman–Crippen MR) is 65.2 cm³/mol. The molecule has 0 spiro atoms. The summed E-state index contributed by atoms with van der Waals surface area (Å²) in [6.45, 7) is 8.41. The Kier molecular flexibility index (Phi) is 5.62. The summed E-state index contributed by atoms with van der Waals surface area (Å²) in [5, 5.41) is 3.45. The summed E-state index contributed by atoms with van der Waals surface area (Å²) >= 11 is 0. The molecule has 0 bridgehead atoms. The Bertz CT molecular complexity index is 154. The zero-order chi connectivity index (χ0) is 11.1. The topological polar surface area (TPSA) is 21.3 Å². The van der Waals surface area contributed by atoms with Gasteiger partial charge in [-0.1, -0.05) is 25.7 Å². The van der Waals surface area contributed by atoms with Gasteiger partial charge in [-0.05, 0) is 33.6 Å². The average molecular weight is 213 g/mol. The lowest BCUT2D eigenvalue weighted by molar-refractivity contribution is 0.0428. The minimum atomic E-state index is 0.215. The van der Waals surface area contributed by atoms with Gasteiger partial charge >= 0.3 is 0 Å². The van der Waals surface area contributed by atoms with Crippen LogP contribution in [0, 0.1) is 0 Å². The Morgan fingerprint density at radius 3 is 2.20 bits per heavy atom. The third-order valence-electron chi connectivity index (χ3n) is 2.91. The van der Waals surface area contributed by atoms with Crippen molar-refractivity contribution in [3.63, 3.8) is 0 Å². The van der Waals surface area contributed by atoms with E-state index >= 15 is 0 Å². The van der Waals surface area contributed by atoms with Gasteiger partial charge < -0.3 is 10.1 Å². The molecular formula is C13H27NO. The molecule has 90 valence electrons. The fourth-order valence-electron chi connectivity index (χ4n) is 2.06. The van der Waals surface area contributed by atoms with E-state index in [1.54, 1.807) is 0 Å².